The molecule has 1 aromatic carbocycles. The minimum absolute atomic E-state index is 0.329. The lowest BCUT2D eigenvalue weighted by Crippen LogP contribution is -2.41. The van der Waals surface area contributed by atoms with E-state index in [1.165, 1.54) is 0 Å². The predicted molar refractivity (Wildman–Crippen MR) is 72.7 cm³/mol. The quantitative estimate of drug-likeness (QED) is 0.871. The van der Waals surface area contributed by atoms with E-state index < -0.39 is 34.5 Å². The van der Waals surface area contributed by atoms with Crippen molar-refractivity contribution in [3.05, 3.63) is 35.4 Å². The fraction of sp³-hybridized carbons (Fsp3) is 0.538. The van der Waals surface area contributed by atoms with Crippen LogP contribution in [-0.2, 0) is 22.3 Å². The normalized spacial score (nSPS) is 16.4. The molecular formula is C13H17F3N2O2S. The molecule has 118 valence electrons. The van der Waals surface area contributed by atoms with Crippen LogP contribution in [0, 0.1) is 0 Å². The molecule has 0 aromatic heterocycles. The van der Waals surface area contributed by atoms with E-state index in [1.54, 1.807) is 24.3 Å². The Morgan fingerprint density at radius 2 is 1.67 bits per heavy atom. The maximum absolute atomic E-state index is 12.5. The summed E-state index contributed by atoms with van der Waals surface area (Å²) in [6.07, 6.45) is -3.55. The molecule has 0 amide bonds. The van der Waals surface area contributed by atoms with Crippen LogP contribution in [0.1, 0.15) is 24.0 Å². The van der Waals surface area contributed by atoms with Crippen molar-refractivity contribution in [3.63, 3.8) is 0 Å². The second-order valence-electron chi connectivity index (χ2n) is 5.17. The lowest BCUT2D eigenvalue weighted by Gasteiger charge is -2.23. The van der Waals surface area contributed by atoms with E-state index in [0.717, 1.165) is 5.56 Å². The Labute approximate surface area is 121 Å². The number of alkyl halides is 3. The minimum Gasteiger partial charge on any atom is -0.326 e. The summed E-state index contributed by atoms with van der Waals surface area (Å²) in [5.74, 6) is -0.426. The Kier molecular flexibility index (Phi) is 4.60. The van der Waals surface area contributed by atoms with E-state index in [9.17, 15) is 21.6 Å². The Balaban J connectivity index is 2.14. The van der Waals surface area contributed by atoms with E-state index >= 15 is 0 Å². The van der Waals surface area contributed by atoms with Gasteiger partial charge in [-0.05, 0) is 24.0 Å². The standard InChI is InChI=1S/C13H17F3N2O2S/c14-13(15,16)9-18(12-5-6-12)21(19,20)8-11-3-1-10(7-17)2-4-11/h1-4,12H,5-9,17H2. The van der Waals surface area contributed by atoms with Gasteiger partial charge in [-0.15, -0.1) is 0 Å². The first kappa shape index (κ1) is 16.3. The molecule has 8 heteroatoms. The molecule has 1 aliphatic rings. The molecule has 0 unspecified atom stereocenters. The van der Waals surface area contributed by atoms with Gasteiger partial charge in [-0.25, -0.2) is 8.42 Å². The lowest BCUT2D eigenvalue weighted by molar-refractivity contribution is -0.137. The van der Waals surface area contributed by atoms with Gasteiger partial charge in [0.05, 0.1) is 5.75 Å². The van der Waals surface area contributed by atoms with Crippen LogP contribution in [0.25, 0.3) is 0 Å². The van der Waals surface area contributed by atoms with Crippen LogP contribution >= 0.6 is 0 Å². The van der Waals surface area contributed by atoms with Gasteiger partial charge < -0.3 is 5.73 Å². The summed E-state index contributed by atoms with van der Waals surface area (Å²) in [6, 6.07) is 6.00. The summed E-state index contributed by atoms with van der Waals surface area (Å²) in [6.45, 7) is -1.09. The third kappa shape index (κ3) is 4.69. The fourth-order valence-corrected chi connectivity index (χ4v) is 3.85. The van der Waals surface area contributed by atoms with Crippen molar-refractivity contribution >= 4 is 10.0 Å². The molecule has 1 aliphatic carbocycles. The zero-order chi connectivity index (χ0) is 15.7. The average Bonchev–Trinajstić information content (AvgIpc) is 3.19. The first-order valence-electron chi connectivity index (χ1n) is 6.55. The number of hydrogen-bond acceptors (Lipinski definition) is 3. The van der Waals surface area contributed by atoms with Crippen LogP contribution in [0.5, 0.6) is 0 Å². The average molecular weight is 322 g/mol. The van der Waals surface area contributed by atoms with Gasteiger partial charge in [-0.2, -0.15) is 17.5 Å². The zero-order valence-electron chi connectivity index (χ0n) is 11.3. The third-order valence-corrected chi connectivity index (χ3v) is 5.09. The van der Waals surface area contributed by atoms with Crippen LogP contribution in [0.2, 0.25) is 0 Å². The molecule has 1 fully saturated rings. The smallest absolute Gasteiger partial charge is 0.326 e. The summed E-state index contributed by atoms with van der Waals surface area (Å²) < 4.78 is 62.6. The largest absolute Gasteiger partial charge is 0.402 e. The Bertz CT molecular complexity index is 580. The van der Waals surface area contributed by atoms with Crippen molar-refractivity contribution in [2.75, 3.05) is 6.54 Å². The number of sulfonamides is 1. The topological polar surface area (TPSA) is 63.4 Å². The van der Waals surface area contributed by atoms with Gasteiger partial charge in [-0.3, -0.25) is 0 Å². The number of benzene rings is 1. The molecule has 0 spiro atoms. The van der Waals surface area contributed by atoms with Gasteiger partial charge in [0.1, 0.15) is 6.54 Å². The molecule has 1 saturated carbocycles. The molecule has 0 radical (unpaired) electrons. The first-order chi connectivity index (χ1) is 9.71. The molecule has 0 saturated heterocycles. The van der Waals surface area contributed by atoms with Crippen molar-refractivity contribution in [2.24, 2.45) is 5.73 Å². The molecular weight excluding hydrogens is 305 g/mol. The van der Waals surface area contributed by atoms with E-state index in [1.807, 2.05) is 0 Å². The van der Waals surface area contributed by atoms with Crippen LogP contribution in [0.15, 0.2) is 24.3 Å². The molecule has 0 atom stereocenters. The molecule has 4 nitrogen and oxygen atoms in total. The minimum atomic E-state index is -4.53. The molecule has 2 rings (SSSR count). The summed E-state index contributed by atoms with van der Waals surface area (Å²) >= 11 is 0. The molecule has 0 bridgehead atoms. The lowest BCUT2D eigenvalue weighted by atomic mass is 10.1. The molecule has 0 aliphatic heterocycles. The summed E-state index contributed by atoms with van der Waals surface area (Å²) in [4.78, 5) is 0. The summed E-state index contributed by atoms with van der Waals surface area (Å²) in [5, 5.41) is 0. The van der Waals surface area contributed by atoms with Gasteiger partial charge >= 0.3 is 6.18 Å². The Morgan fingerprint density at radius 3 is 2.10 bits per heavy atom. The van der Waals surface area contributed by atoms with E-state index in [2.05, 4.69) is 0 Å². The van der Waals surface area contributed by atoms with E-state index in [-0.39, 0.29) is 0 Å². The van der Waals surface area contributed by atoms with E-state index in [4.69, 9.17) is 5.73 Å². The number of halogens is 3. The van der Waals surface area contributed by atoms with Gasteiger partial charge in [0.2, 0.25) is 10.0 Å². The second-order valence-corrected chi connectivity index (χ2v) is 7.09. The second kappa shape index (κ2) is 5.94. The number of nitrogens with zero attached hydrogens (tertiary/aromatic N) is 1. The predicted octanol–water partition coefficient (Wildman–Crippen LogP) is 2.00. The van der Waals surface area contributed by atoms with Gasteiger partial charge in [0.15, 0.2) is 0 Å². The highest BCUT2D eigenvalue weighted by Gasteiger charge is 2.43. The van der Waals surface area contributed by atoms with Crippen molar-refractivity contribution in [2.45, 2.75) is 37.4 Å². The fourth-order valence-electron chi connectivity index (χ4n) is 2.06. The highest BCUT2D eigenvalue weighted by molar-refractivity contribution is 7.88. The van der Waals surface area contributed by atoms with Crippen LogP contribution in [0.3, 0.4) is 0 Å². The SMILES string of the molecule is NCc1ccc(CS(=O)(=O)N(CC(F)(F)F)C2CC2)cc1. The van der Waals surface area contributed by atoms with Crippen LogP contribution in [-0.4, -0.2) is 31.5 Å². The zero-order valence-corrected chi connectivity index (χ0v) is 12.1. The van der Waals surface area contributed by atoms with Crippen molar-refractivity contribution in [3.8, 4) is 0 Å². The molecule has 0 heterocycles. The highest BCUT2D eigenvalue weighted by Crippen LogP contribution is 2.33. The maximum Gasteiger partial charge on any atom is 0.402 e. The number of rotatable bonds is 6. The highest BCUT2D eigenvalue weighted by atomic mass is 32.2. The van der Waals surface area contributed by atoms with Gasteiger partial charge in [0, 0.05) is 12.6 Å². The van der Waals surface area contributed by atoms with Crippen molar-refractivity contribution in [1.29, 1.82) is 0 Å². The number of nitrogens with two attached hydrogens (primary N) is 1. The van der Waals surface area contributed by atoms with Gasteiger partial charge in [-0.1, -0.05) is 24.3 Å². The molecule has 2 N–H and O–H groups in total. The first-order valence-corrected chi connectivity index (χ1v) is 8.16. The molecule has 1 aromatic rings. The van der Waals surface area contributed by atoms with Crippen LogP contribution < -0.4 is 5.73 Å². The van der Waals surface area contributed by atoms with Crippen molar-refractivity contribution < 1.29 is 21.6 Å². The summed E-state index contributed by atoms with van der Waals surface area (Å²) in [5.41, 5.74) is 6.74. The Morgan fingerprint density at radius 1 is 1.14 bits per heavy atom. The van der Waals surface area contributed by atoms with Crippen LogP contribution in [0.4, 0.5) is 13.2 Å². The number of hydrogen-bond donors (Lipinski definition) is 1. The third-order valence-electron chi connectivity index (χ3n) is 3.25. The summed E-state index contributed by atoms with van der Waals surface area (Å²) in [7, 11) is -3.98. The maximum atomic E-state index is 12.5. The molecule has 21 heavy (non-hydrogen) atoms. The Hall–Kier alpha value is -1.12. The van der Waals surface area contributed by atoms with Crippen molar-refractivity contribution in [1.82, 2.24) is 4.31 Å². The van der Waals surface area contributed by atoms with E-state index in [0.29, 0.717) is 29.3 Å². The monoisotopic (exact) mass is 322 g/mol. The van der Waals surface area contributed by atoms with Gasteiger partial charge in [0.25, 0.3) is 0 Å².